The third-order valence-corrected chi connectivity index (χ3v) is 5.54. The number of carbonyl (C=O) groups is 2. The van der Waals surface area contributed by atoms with E-state index in [2.05, 4.69) is 15.4 Å². The van der Waals surface area contributed by atoms with Crippen molar-refractivity contribution >= 4 is 17.8 Å². The van der Waals surface area contributed by atoms with E-state index in [1.807, 2.05) is 31.2 Å². The predicted molar refractivity (Wildman–Crippen MR) is 103 cm³/mol. The standard InChI is InChI=1S/C19H24N6O4/c1-19-9-13(12-5-3-4-6-14(12)29-19)15(16(20)26)17(27)24(19)8-7-21-18-22-10-23-25(18)11-28-2/h3-6,10,13,15H,7-9,11H2,1-2H3,(H2,20,26)(H,21,22,23). The van der Waals surface area contributed by atoms with Gasteiger partial charge in [0, 0.05) is 32.5 Å². The van der Waals surface area contributed by atoms with Gasteiger partial charge in [0.15, 0.2) is 5.72 Å². The second-order valence-corrected chi connectivity index (χ2v) is 7.42. The number of primary amides is 1. The van der Waals surface area contributed by atoms with Crippen LogP contribution < -0.4 is 15.8 Å². The molecule has 3 unspecified atom stereocenters. The van der Waals surface area contributed by atoms with Crippen LogP contribution in [0.5, 0.6) is 5.75 Å². The number of nitrogens with two attached hydrogens (primary N) is 1. The van der Waals surface area contributed by atoms with Gasteiger partial charge in [-0.25, -0.2) is 4.68 Å². The molecular formula is C19H24N6O4. The minimum absolute atomic E-state index is 0.258. The molecule has 0 aliphatic carbocycles. The zero-order valence-electron chi connectivity index (χ0n) is 16.4. The van der Waals surface area contributed by atoms with Crippen LogP contribution in [-0.2, 0) is 21.1 Å². The van der Waals surface area contributed by atoms with Gasteiger partial charge in [-0.05, 0) is 18.6 Å². The van der Waals surface area contributed by atoms with E-state index in [-0.39, 0.29) is 18.6 Å². The quantitative estimate of drug-likeness (QED) is 0.649. The van der Waals surface area contributed by atoms with Crippen molar-refractivity contribution in [1.82, 2.24) is 19.7 Å². The molecule has 1 aromatic carbocycles. The van der Waals surface area contributed by atoms with E-state index in [4.69, 9.17) is 15.2 Å². The second-order valence-electron chi connectivity index (χ2n) is 7.42. The average Bonchev–Trinajstić information content (AvgIpc) is 3.11. The number of ether oxygens (including phenoxy) is 2. The molecule has 0 radical (unpaired) electrons. The number of aromatic nitrogens is 3. The Morgan fingerprint density at radius 2 is 2.24 bits per heavy atom. The predicted octanol–water partition coefficient (Wildman–Crippen LogP) is 0.520. The number of likely N-dealkylation sites (tertiary alicyclic amines) is 1. The van der Waals surface area contributed by atoms with E-state index in [0.717, 1.165) is 5.56 Å². The SMILES string of the molecule is COCn1ncnc1NCCN1C(=O)C(C(N)=O)C2CC1(C)Oc1ccccc12. The smallest absolute Gasteiger partial charge is 0.238 e. The van der Waals surface area contributed by atoms with Crippen molar-refractivity contribution in [3.05, 3.63) is 36.2 Å². The summed E-state index contributed by atoms with van der Waals surface area (Å²) in [5, 5.41) is 7.21. The number of hydrogen-bond acceptors (Lipinski definition) is 7. The van der Waals surface area contributed by atoms with Crippen molar-refractivity contribution < 1.29 is 19.1 Å². The first-order valence-corrected chi connectivity index (χ1v) is 9.44. The van der Waals surface area contributed by atoms with Gasteiger partial charge in [-0.1, -0.05) is 18.2 Å². The largest absolute Gasteiger partial charge is 0.468 e. The zero-order valence-corrected chi connectivity index (χ0v) is 16.4. The average molecular weight is 400 g/mol. The summed E-state index contributed by atoms with van der Waals surface area (Å²) >= 11 is 0. The van der Waals surface area contributed by atoms with Crippen LogP contribution in [0.4, 0.5) is 5.95 Å². The van der Waals surface area contributed by atoms with Gasteiger partial charge < -0.3 is 25.4 Å². The van der Waals surface area contributed by atoms with Crippen LogP contribution in [0.15, 0.2) is 30.6 Å². The minimum atomic E-state index is -0.912. The van der Waals surface area contributed by atoms with Gasteiger partial charge >= 0.3 is 0 Å². The van der Waals surface area contributed by atoms with E-state index >= 15 is 0 Å². The lowest BCUT2D eigenvalue weighted by Gasteiger charge is -2.52. The molecule has 154 valence electrons. The van der Waals surface area contributed by atoms with Crippen molar-refractivity contribution in [2.24, 2.45) is 11.7 Å². The van der Waals surface area contributed by atoms with Crippen LogP contribution in [0.1, 0.15) is 24.8 Å². The minimum Gasteiger partial charge on any atom is -0.468 e. The fourth-order valence-electron chi connectivity index (χ4n) is 4.28. The molecule has 2 aliphatic rings. The number of piperidine rings is 1. The lowest BCUT2D eigenvalue weighted by Crippen LogP contribution is -2.65. The van der Waals surface area contributed by atoms with Crippen LogP contribution in [0.2, 0.25) is 0 Å². The second kappa shape index (κ2) is 7.36. The molecule has 2 aliphatic heterocycles. The Balaban J connectivity index is 1.56. The molecular weight excluding hydrogens is 376 g/mol. The number of para-hydroxylation sites is 1. The molecule has 1 saturated heterocycles. The first kappa shape index (κ1) is 19.2. The summed E-state index contributed by atoms with van der Waals surface area (Å²) in [4.78, 5) is 31.1. The Morgan fingerprint density at radius 1 is 1.45 bits per heavy atom. The molecule has 0 saturated carbocycles. The van der Waals surface area contributed by atoms with E-state index in [9.17, 15) is 9.59 Å². The molecule has 2 bridgehead atoms. The summed E-state index contributed by atoms with van der Waals surface area (Å²) in [6.45, 7) is 2.84. The Hall–Kier alpha value is -3.14. The Morgan fingerprint density at radius 3 is 3.00 bits per heavy atom. The maximum atomic E-state index is 13.2. The molecule has 1 aromatic heterocycles. The van der Waals surface area contributed by atoms with Crippen LogP contribution >= 0.6 is 0 Å². The first-order chi connectivity index (χ1) is 13.9. The highest BCUT2D eigenvalue weighted by Gasteiger charge is 2.55. The normalized spacial score (nSPS) is 25.3. The molecule has 2 amide bonds. The van der Waals surface area contributed by atoms with Crippen molar-refractivity contribution in [2.45, 2.75) is 31.7 Å². The summed E-state index contributed by atoms with van der Waals surface area (Å²) < 4.78 is 12.9. The topological polar surface area (TPSA) is 125 Å². The molecule has 10 heteroatoms. The summed E-state index contributed by atoms with van der Waals surface area (Å²) in [5.74, 6) is -0.916. The summed E-state index contributed by atoms with van der Waals surface area (Å²) in [7, 11) is 1.57. The van der Waals surface area contributed by atoms with Gasteiger partial charge in [0.05, 0.1) is 0 Å². The van der Waals surface area contributed by atoms with Gasteiger partial charge in [0.25, 0.3) is 0 Å². The van der Waals surface area contributed by atoms with Crippen LogP contribution in [-0.4, -0.2) is 57.4 Å². The number of rotatable bonds is 7. The molecule has 3 N–H and O–H groups in total. The highest BCUT2D eigenvalue weighted by atomic mass is 16.5. The summed E-state index contributed by atoms with van der Waals surface area (Å²) in [5.41, 5.74) is 5.63. The molecule has 1 fully saturated rings. The monoisotopic (exact) mass is 400 g/mol. The van der Waals surface area contributed by atoms with Crippen LogP contribution in [0.25, 0.3) is 0 Å². The molecule has 29 heavy (non-hydrogen) atoms. The van der Waals surface area contributed by atoms with Crippen molar-refractivity contribution in [2.75, 3.05) is 25.5 Å². The highest BCUT2D eigenvalue weighted by Crippen LogP contribution is 2.49. The lowest BCUT2D eigenvalue weighted by atomic mass is 9.73. The van der Waals surface area contributed by atoms with Gasteiger partial charge in [-0.2, -0.15) is 10.1 Å². The van der Waals surface area contributed by atoms with Gasteiger partial charge in [0.2, 0.25) is 17.8 Å². The Labute approximate surface area is 168 Å². The van der Waals surface area contributed by atoms with Crippen molar-refractivity contribution in [1.29, 1.82) is 0 Å². The number of nitrogens with one attached hydrogen (secondary N) is 1. The molecule has 3 atom stereocenters. The van der Waals surface area contributed by atoms with Crippen LogP contribution in [0, 0.1) is 5.92 Å². The number of carbonyl (C=O) groups excluding carboxylic acids is 2. The van der Waals surface area contributed by atoms with Gasteiger partial charge in [-0.3, -0.25) is 9.59 Å². The number of methoxy groups -OCH3 is 1. The van der Waals surface area contributed by atoms with Gasteiger partial charge in [0.1, 0.15) is 24.7 Å². The molecule has 10 nitrogen and oxygen atoms in total. The highest BCUT2D eigenvalue weighted by molar-refractivity contribution is 6.01. The van der Waals surface area contributed by atoms with Gasteiger partial charge in [-0.15, -0.1) is 0 Å². The summed E-state index contributed by atoms with van der Waals surface area (Å²) in [6.07, 6.45) is 1.92. The fourth-order valence-corrected chi connectivity index (χ4v) is 4.28. The Kier molecular flexibility index (Phi) is 4.87. The van der Waals surface area contributed by atoms with E-state index in [1.54, 1.807) is 16.7 Å². The summed E-state index contributed by atoms with van der Waals surface area (Å²) in [6, 6.07) is 7.50. The number of nitrogens with zero attached hydrogens (tertiary/aromatic N) is 4. The lowest BCUT2D eigenvalue weighted by molar-refractivity contribution is -0.174. The Bertz CT molecular complexity index is 931. The number of amides is 2. The third-order valence-electron chi connectivity index (χ3n) is 5.54. The molecule has 4 rings (SSSR count). The molecule has 3 heterocycles. The number of hydrogen-bond donors (Lipinski definition) is 2. The third kappa shape index (κ3) is 3.29. The van der Waals surface area contributed by atoms with E-state index in [1.165, 1.54) is 6.33 Å². The maximum Gasteiger partial charge on any atom is 0.238 e. The first-order valence-electron chi connectivity index (χ1n) is 9.44. The van der Waals surface area contributed by atoms with E-state index in [0.29, 0.717) is 31.2 Å². The molecule has 0 spiro atoms. The number of fused-ring (bicyclic) bond motifs is 4. The number of benzene rings is 1. The van der Waals surface area contributed by atoms with E-state index < -0.39 is 17.6 Å². The zero-order chi connectivity index (χ0) is 20.6. The fraction of sp³-hybridized carbons (Fsp3) is 0.474. The molecule has 2 aromatic rings. The number of anilines is 1. The van der Waals surface area contributed by atoms with Crippen molar-refractivity contribution in [3.63, 3.8) is 0 Å². The van der Waals surface area contributed by atoms with Crippen molar-refractivity contribution in [3.8, 4) is 5.75 Å². The maximum absolute atomic E-state index is 13.2. The van der Waals surface area contributed by atoms with Crippen LogP contribution in [0.3, 0.4) is 0 Å².